The molecular formula is C10H6F2N2O3. The number of carboxylic acid groups (broad SMARTS) is 1. The van der Waals surface area contributed by atoms with Crippen LogP contribution in [0.3, 0.4) is 0 Å². The number of carbonyl (C=O) groups is 1. The van der Waals surface area contributed by atoms with Gasteiger partial charge in [0.1, 0.15) is 17.2 Å². The molecule has 0 aliphatic heterocycles. The maximum atomic E-state index is 12.9. The molecule has 5 nitrogen and oxygen atoms in total. The predicted octanol–water partition coefficient (Wildman–Crippen LogP) is 1.14. The number of carboxylic acids is 1. The monoisotopic (exact) mass is 240 g/mol. The zero-order chi connectivity index (χ0) is 12.6. The second-order valence-corrected chi connectivity index (χ2v) is 3.26. The molecule has 2 rings (SSSR count). The molecule has 0 fully saturated rings. The van der Waals surface area contributed by atoms with Gasteiger partial charge in [-0.2, -0.15) is 0 Å². The SMILES string of the molecule is O=C(O)c1c[nH]n(-c2cc(F)cc(F)c2)c1=O. The van der Waals surface area contributed by atoms with Gasteiger partial charge in [-0.25, -0.2) is 18.3 Å². The van der Waals surface area contributed by atoms with E-state index in [4.69, 9.17) is 5.11 Å². The normalized spacial score (nSPS) is 10.5. The van der Waals surface area contributed by atoms with E-state index in [2.05, 4.69) is 5.10 Å². The van der Waals surface area contributed by atoms with Gasteiger partial charge in [-0.3, -0.25) is 9.89 Å². The number of halogens is 2. The van der Waals surface area contributed by atoms with Gasteiger partial charge >= 0.3 is 5.97 Å². The molecule has 1 aromatic carbocycles. The molecule has 0 saturated carbocycles. The largest absolute Gasteiger partial charge is 0.477 e. The Balaban J connectivity index is 2.61. The second-order valence-electron chi connectivity index (χ2n) is 3.26. The third-order valence-corrected chi connectivity index (χ3v) is 2.11. The molecule has 0 atom stereocenters. The molecule has 17 heavy (non-hydrogen) atoms. The zero-order valence-electron chi connectivity index (χ0n) is 8.28. The Morgan fingerprint density at radius 1 is 1.24 bits per heavy atom. The average Bonchev–Trinajstić information content (AvgIpc) is 2.58. The highest BCUT2D eigenvalue weighted by Crippen LogP contribution is 2.10. The van der Waals surface area contributed by atoms with Crippen LogP contribution < -0.4 is 5.56 Å². The van der Waals surface area contributed by atoms with E-state index in [0.717, 1.165) is 23.0 Å². The fourth-order valence-electron chi connectivity index (χ4n) is 1.38. The molecule has 0 aliphatic rings. The van der Waals surface area contributed by atoms with Crippen molar-refractivity contribution in [3.05, 3.63) is 51.9 Å². The lowest BCUT2D eigenvalue weighted by atomic mass is 10.3. The van der Waals surface area contributed by atoms with Crippen LogP contribution in [0.1, 0.15) is 10.4 Å². The highest BCUT2D eigenvalue weighted by molar-refractivity contribution is 5.86. The standard InChI is InChI=1S/C10H6F2N2O3/c11-5-1-6(12)3-7(2-5)14-9(15)8(4-13-14)10(16)17/h1-4,13H,(H,16,17). The number of nitrogens with one attached hydrogen (secondary N) is 1. The Bertz CT molecular complexity index is 625. The molecule has 2 N–H and O–H groups in total. The van der Waals surface area contributed by atoms with Crippen LogP contribution in [0.2, 0.25) is 0 Å². The summed E-state index contributed by atoms with van der Waals surface area (Å²) >= 11 is 0. The van der Waals surface area contributed by atoms with E-state index in [-0.39, 0.29) is 5.69 Å². The van der Waals surface area contributed by atoms with Crippen LogP contribution in [-0.4, -0.2) is 20.9 Å². The highest BCUT2D eigenvalue weighted by Gasteiger charge is 2.14. The molecule has 0 amide bonds. The maximum Gasteiger partial charge on any atom is 0.342 e. The molecule has 0 saturated heterocycles. The average molecular weight is 240 g/mol. The van der Waals surface area contributed by atoms with Crippen molar-refractivity contribution in [3.63, 3.8) is 0 Å². The fraction of sp³-hybridized carbons (Fsp3) is 0. The van der Waals surface area contributed by atoms with Crippen molar-refractivity contribution in [2.75, 3.05) is 0 Å². The predicted molar refractivity (Wildman–Crippen MR) is 53.3 cm³/mol. The first kappa shape index (κ1) is 11.1. The number of hydrogen-bond acceptors (Lipinski definition) is 2. The number of nitrogens with zero attached hydrogens (tertiary/aromatic N) is 1. The summed E-state index contributed by atoms with van der Waals surface area (Å²) in [5.74, 6) is -3.14. The summed E-state index contributed by atoms with van der Waals surface area (Å²) in [6.07, 6.45) is 0.952. The zero-order valence-corrected chi connectivity index (χ0v) is 8.28. The Labute approximate surface area is 92.9 Å². The Hall–Kier alpha value is -2.44. The van der Waals surface area contributed by atoms with Crippen molar-refractivity contribution >= 4 is 5.97 Å². The lowest BCUT2D eigenvalue weighted by molar-refractivity contribution is 0.0695. The van der Waals surface area contributed by atoms with Gasteiger partial charge in [0, 0.05) is 12.3 Å². The van der Waals surface area contributed by atoms with Crippen LogP contribution in [0, 0.1) is 11.6 Å². The van der Waals surface area contributed by atoms with E-state index in [1.165, 1.54) is 0 Å². The summed E-state index contributed by atoms with van der Waals surface area (Å²) in [6, 6.07) is 2.47. The van der Waals surface area contributed by atoms with Crippen LogP contribution in [0.25, 0.3) is 5.69 Å². The summed E-state index contributed by atoms with van der Waals surface area (Å²) in [5.41, 5.74) is -1.50. The lowest BCUT2D eigenvalue weighted by Gasteiger charge is -2.01. The highest BCUT2D eigenvalue weighted by atomic mass is 19.1. The van der Waals surface area contributed by atoms with E-state index < -0.39 is 28.7 Å². The first-order chi connectivity index (χ1) is 7.99. The molecule has 88 valence electrons. The number of rotatable bonds is 2. The first-order valence-corrected chi connectivity index (χ1v) is 4.49. The van der Waals surface area contributed by atoms with Crippen LogP contribution in [0.15, 0.2) is 29.2 Å². The van der Waals surface area contributed by atoms with E-state index >= 15 is 0 Å². The molecule has 0 radical (unpaired) electrons. The Kier molecular flexibility index (Phi) is 2.51. The number of hydrogen-bond donors (Lipinski definition) is 2. The smallest absolute Gasteiger partial charge is 0.342 e. The van der Waals surface area contributed by atoms with Gasteiger partial charge in [-0.05, 0) is 12.1 Å². The Morgan fingerprint density at radius 2 is 1.82 bits per heavy atom. The number of H-pyrrole nitrogens is 1. The van der Waals surface area contributed by atoms with Crippen molar-refractivity contribution in [2.45, 2.75) is 0 Å². The molecule has 1 heterocycles. The quantitative estimate of drug-likeness (QED) is 0.826. The molecule has 0 aliphatic carbocycles. The minimum absolute atomic E-state index is 0.111. The van der Waals surface area contributed by atoms with Gasteiger partial charge in [-0.1, -0.05) is 0 Å². The number of aromatic amines is 1. The van der Waals surface area contributed by atoms with E-state index in [1.807, 2.05) is 0 Å². The summed E-state index contributed by atoms with van der Waals surface area (Å²) < 4.78 is 26.6. The van der Waals surface area contributed by atoms with Crippen LogP contribution in [-0.2, 0) is 0 Å². The third-order valence-electron chi connectivity index (χ3n) is 2.11. The van der Waals surface area contributed by atoms with Crippen LogP contribution in [0.5, 0.6) is 0 Å². The molecular weight excluding hydrogens is 234 g/mol. The van der Waals surface area contributed by atoms with Crippen LogP contribution >= 0.6 is 0 Å². The van der Waals surface area contributed by atoms with Gasteiger partial charge in [0.25, 0.3) is 5.56 Å². The molecule has 0 bridgehead atoms. The van der Waals surface area contributed by atoms with E-state index in [0.29, 0.717) is 6.07 Å². The minimum atomic E-state index is -1.41. The molecule has 2 aromatic rings. The van der Waals surface area contributed by atoms with E-state index in [1.54, 1.807) is 0 Å². The van der Waals surface area contributed by atoms with Crippen molar-refractivity contribution in [3.8, 4) is 5.69 Å². The number of aromatic carboxylic acids is 1. The van der Waals surface area contributed by atoms with Crippen molar-refractivity contribution in [1.29, 1.82) is 0 Å². The Morgan fingerprint density at radius 3 is 2.29 bits per heavy atom. The van der Waals surface area contributed by atoms with Gasteiger partial charge < -0.3 is 5.11 Å². The summed E-state index contributed by atoms with van der Waals surface area (Å²) in [4.78, 5) is 22.2. The third kappa shape index (κ3) is 1.94. The topological polar surface area (TPSA) is 75.1 Å². The van der Waals surface area contributed by atoms with Crippen molar-refractivity contribution in [2.24, 2.45) is 0 Å². The second kappa shape index (κ2) is 3.85. The molecule has 0 spiro atoms. The first-order valence-electron chi connectivity index (χ1n) is 4.49. The molecule has 0 unspecified atom stereocenters. The van der Waals surface area contributed by atoms with Crippen molar-refractivity contribution in [1.82, 2.24) is 9.78 Å². The molecule has 7 heteroatoms. The summed E-state index contributed by atoms with van der Waals surface area (Å²) in [7, 11) is 0. The van der Waals surface area contributed by atoms with Crippen LogP contribution in [0.4, 0.5) is 8.78 Å². The van der Waals surface area contributed by atoms with Gasteiger partial charge in [0.05, 0.1) is 5.69 Å². The van der Waals surface area contributed by atoms with Gasteiger partial charge in [0.15, 0.2) is 0 Å². The number of benzene rings is 1. The minimum Gasteiger partial charge on any atom is -0.477 e. The fourth-order valence-corrected chi connectivity index (χ4v) is 1.38. The molecule has 1 aromatic heterocycles. The summed E-state index contributed by atoms with van der Waals surface area (Å²) in [5, 5.41) is 11.0. The summed E-state index contributed by atoms with van der Waals surface area (Å²) in [6.45, 7) is 0. The number of aromatic nitrogens is 2. The van der Waals surface area contributed by atoms with E-state index in [9.17, 15) is 18.4 Å². The lowest BCUT2D eigenvalue weighted by Crippen LogP contribution is -2.20. The van der Waals surface area contributed by atoms with Gasteiger partial charge in [0.2, 0.25) is 0 Å². The maximum absolute atomic E-state index is 12.9. The van der Waals surface area contributed by atoms with Gasteiger partial charge in [-0.15, -0.1) is 0 Å². The van der Waals surface area contributed by atoms with Crippen molar-refractivity contribution < 1.29 is 18.7 Å².